The Kier molecular flexibility index (Phi) is 7.23. The van der Waals surface area contributed by atoms with Gasteiger partial charge in [-0.05, 0) is 35.9 Å². The van der Waals surface area contributed by atoms with Gasteiger partial charge in [0.25, 0.3) is 10.0 Å². The van der Waals surface area contributed by atoms with Crippen molar-refractivity contribution in [1.29, 1.82) is 0 Å². The molecule has 0 aliphatic heterocycles. The minimum Gasteiger partial charge on any atom is -0.496 e. The number of ether oxygens (including phenoxy) is 1. The van der Waals surface area contributed by atoms with E-state index in [1.54, 1.807) is 43.1 Å². The Bertz CT molecular complexity index is 1120. The molecule has 30 heavy (non-hydrogen) atoms. The molecule has 1 aromatic heterocycles. The van der Waals surface area contributed by atoms with Gasteiger partial charge in [-0.1, -0.05) is 43.6 Å². The first kappa shape index (κ1) is 22.4. The molecule has 3 rings (SSSR count). The Morgan fingerprint density at radius 3 is 2.47 bits per heavy atom. The van der Waals surface area contributed by atoms with E-state index < -0.39 is 10.0 Å². The van der Waals surface area contributed by atoms with E-state index in [1.807, 2.05) is 24.3 Å². The van der Waals surface area contributed by atoms with Gasteiger partial charge in [0.1, 0.15) is 23.0 Å². The lowest BCUT2D eigenvalue weighted by atomic mass is 10.1. The summed E-state index contributed by atoms with van der Waals surface area (Å²) >= 11 is 7.96. The first-order valence-corrected chi connectivity index (χ1v) is 11.9. The minimum absolute atomic E-state index is 0.140. The summed E-state index contributed by atoms with van der Waals surface area (Å²) in [6.45, 7) is 4.16. The smallest absolute Gasteiger partial charge is 0.263 e. The van der Waals surface area contributed by atoms with Crippen molar-refractivity contribution in [1.82, 2.24) is 9.97 Å². The van der Waals surface area contributed by atoms with Crippen LogP contribution in [0.1, 0.15) is 25.0 Å². The van der Waals surface area contributed by atoms with Crippen molar-refractivity contribution in [2.24, 2.45) is 0 Å². The van der Waals surface area contributed by atoms with Crippen molar-refractivity contribution >= 4 is 39.2 Å². The SMILES string of the molecule is COc1ccccc1Cc1c(Cl)ncnc1NS(=O)(=O)c1ccc(SC(C)C)cc1. The number of hydrogen-bond acceptors (Lipinski definition) is 6. The standard InChI is InChI=1S/C21H22ClN3O3S2/c1-14(2)29-16-8-10-17(11-9-16)30(26,27)25-21-18(20(22)23-13-24-21)12-15-6-4-5-7-19(15)28-3/h4-11,13-14H,12H2,1-3H3,(H,23,24,25). The van der Waals surface area contributed by atoms with Gasteiger partial charge in [-0.15, -0.1) is 11.8 Å². The fourth-order valence-corrected chi connectivity index (χ4v) is 4.91. The summed E-state index contributed by atoms with van der Waals surface area (Å²) in [5, 5.41) is 0.587. The average Bonchev–Trinajstić information content (AvgIpc) is 2.70. The van der Waals surface area contributed by atoms with Crippen LogP contribution in [0.5, 0.6) is 5.75 Å². The van der Waals surface area contributed by atoms with Gasteiger partial charge in [0, 0.05) is 22.1 Å². The average molecular weight is 464 g/mol. The van der Waals surface area contributed by atoms with Gasteiger partial charge in [-0.3, -0.25) is 4.72 Å². The number of nitrogens with zero attached hydrogens (tertiary/aromatic N) is 2. The third-order valence-electron chi connectivity index (χ3n) is 4.19. The molecule has 0 atom stereocenters. The number of nitrogens with one attached hydrogen (secondary N) is 1. The molecule has 0 spiro atoms. The molecule has 0 aliphatic carbocycles. The molecule has 0 aliphatic rings. The number of thioether (sulfide) groups is 1. The molecule has 1 heterocycles. The monoisotopic (exact) mass is 463 g/mol. The second-order valence-electron chi connectivity index (χ2n) is 6.72. The Balaban J connectivity index is 1.90. The van der Waals surface area contributed by atoms with Gasteiger partial charge in [0.15, 0.2) is 0 Å². The van der Waals surface area contributed by atoms with Gasteiger partial charge in [-0.25, -0.2) is 18.4 Å². The van der Waals surface area contributed by atoms with E-state index in [0.29, 0.717) is 23.0 Å². The van der Waals surface area contributed by atoms with Crippen LogP contribution in [-0.2, 0) is 16.4 Å². The second-order valence-corrected chi connectivity index (χ2v) is 10.4. The number of benzene rings is 2. The molecule has 9 heteroatoms. The van der Waals surface area contributed by atoms with Gasteiger partial charge in [0.05, 0.1) is 12.0 Å². The predicted octanol–water partition coefficient (Wildman–Crippen LogP) is 5.03. The molecule has 0 saturated carbocycles. The van der Waals surface area contributed by atoms with E-state index in [-0.39, 0.29) is 15.9 Å². The molecule has 0 amide bonds. The zero-order valence-electron chi connectivity index (χ0n) is 16.8. The molecule has 158 valence electrons. The van der Waals surface area contributed by atoms with Crippen LogP contribution in [-0.4, -0.2) is 30.7 Å². The van der Waals surface area contributed by atoms with Gasteiger partial charge < -0.3 is 4.74 Å². The highest BCUT2D eigenvalue weighted by Crippen LogP contribution is 2.29. The highest BCUT2D eigenvalue weighted by Gasteiger charge is 2.20. The Morgan fingerprint density at radius 1 is 1.10 bits per heavy atom. The Hall–Kier alpha value is -2.29. The minimum atomic E-state index is -3.85. The van der Waals surface area contributed by atoms with E-state index in [2.05, 4.69) is 28.5 Å². The summed E-state index contributed by atoms with van der Waals surface area (Å²) in [5.41, 5.74) is 1.31. The van der Waals surface area contributed by atoms with E-state index in [0.717, 1.165) is 10.5 Å². The van der Waals surface area contributed by atoms with Crippen molar-refractivity contribution in [2.45, 2.75) is 35.3 Å². The lowest BCUT2D eigenvalue weighted by molar-refractivity contribution is 0.410. The Labute approximate surface area is 186 Å². The molecule has 3 aromatic rings. The first-order chi connectivity index (χ1) is 14.3. The zero-order valence-corrected chi connectivity index (χ0v) is 19.2. The zero-order chi connectivity index (χ0) is 21.7. The van der Waals surface area contributed by atoms with Crippen molar-refractivity contribution in [3.8, 4) is 5.75 Å². The summed E-state index contributed by atoms with van der Waals surface area (Å²) in [4.78, 5) is 9.29. The number of rotatable bonds is 8. The summed E-state index contributed by atoms with van der Waals surface area (Å²) in [6, 6.07) is 14.2. The van der Waals surface area contributed by atoms with Crippen LogP contribution in [0.3, 0.4) is 0 Å². The molecule has 6 nitrogen and oxygen atoms in total. The topological polar surface area (TPSA) is 81.2 Å². The lowest BCUT2D eigenvalue weighted by Gasteiger charge is -2.14. The molecule has 2 aromatic carbocycles. The molecule has 1 N–H and O–H groups in total. The quantitative estimate of drug-likeness (QED) is 0.372. The van der Waals surface area contributed by atoms with Crippen LogP contribution in [0.25, 0.3) is 0 Å². The van der Waals surface area contributed by atoms with E-state index >= 15 is 0 Å². The molecule has 0 unspecified atom stereocenters. The van der Waals surface area contributed by atoms with E-state index in [4.69, 9.17) is 16.3 Å². The number of methoxy groups -OCH3 is 1. The van der Waals surface area contributed by atoms with Crippen LogP contribution in [0, 0.1) is 0 Å². The predicted molar refractivity (Wildman–Crippen MR) is 121 cm³/mol. The summed E-state index contributed by atoms with van der Waals surface area (Å²) < 4.78 is 33.8. The number of para-hydroxylation sites is 1. The molecule has 0 fully saturated rings. The molecule has 0 saturated heterocycles. The molecular formula is C21H22ClN3O3S2. The van der Waals surface area contributed by atoms with Crippen molar-refractivity contribution < 1.29 is 13.2 Å². The highest BCUT2D eigenvalue weighted by molar-refractivity contribution is 7.99. The number of hydrogen-bond donors (Lipinski definition) is 1. The van der Waals surface area contributed by atoms with Crippen LogP contribution < -0.4 is 9.46 Å². The lowest BCUT2D eigenvalue weighted by Crippen LogP contribution is -2.16. The van der Waals surface area contributed by atoms with Crippen molar-refractivity contribution in [3.63, 3.8) is 0 Å². The van der Waals surface area contributed by atoms with E-state index in [1.165, 1.54) is 6.33 Å². The van der Waals surface area contributed by atoms with Crippen LogP contribution in [0.15, 0.2) is 64.6 Å². The fraction of sp³-hybridized carbons (Fsp3) is 0.238. The fourth-order valence-electron chi connectivity index (χ4n) is 2.83. The molecule has 0 radical (unpaired) electrons. The second kappa shape index (κ2) is 9.68. The normalized spacial score (nSPS) is 11.5. The maximum Gasteiger partial charge on any atom is 0.263 e. The number of sulfonamides is 1. The summed E-state index contributed by atoms with van der Waals surface area (Å²) in [6.07, 6.45) is 1.54. The van der Waals surface area contributed by atoms with Gasteiger partial charge in [0.2, 0.25) is 0 Å². The maximum atomic E-state index is 12.9. The Morgan fingerprint density at radius 2 is 1.80 bits per heavy atom. The van der Waals surface area contributed by atoms with Crippen LogP contribution in [0.4, 0.5) is 5.82 Å². The number of halogens is 1. The maximum absolute atomic E-state index is 12.9. The van der Waals surface area contributed by atoms with E-state index in [9.17, 15) is 8.42 Å². The molecular weight excluding hydrogens is 442 g/mol. The van der Waals surface area contributed by atoms with Crippen molar-refractivity contribution in [2.75, 3.05) is 11.8 Å². The van der Waals surface area contributed by atoms with Crippen molar-refractivity contribution in [3.05, 3.63) is 71.1 Å². The summed E-state index contributed by atoms with van der Waals surface area (Å²) in [7, 11) is -2.27. The van der Waals surface area contributed by atoms with Crippen LogP contribution in [0.2, 0.25) is 5.15 Å². The number of aromatic nitrogens is 2. The largest absolute Gasteiger partial charge is 0.496 e. The third-order valence-corrected chi connectivity index (χ3v) is 6.89. The van der Waals surface area contributed by atoms with Crippen LogP contribution >= 0.6 is 23.4 Å². The van der Waals surface area contributed by atoms with Gasteiger partial charge in [-0.2, -0.15) is 0 Å². The third kappa shape index (κ3) is 5.44. The highest BCUT2D eigenvalue weighted by atomic mass is 35.5. The first-order valence-electron chi connectivity index (χ1n) is 9.21. The number of anilines is 1. The van der Waals surface area contributed by atoms with Gasteiger partial charge >= 0.3 is 0 Å². The summed E-state index contributed by atoms with van der Waals surface area (Å²) in [5.74, 6) is 0.811. The molecule has 0 bridgehead atoms.